The van der Waals surface area contributed by atoms with Gasteiger partial charge in [0.25, 0.3) is 0 Å². The lowest BCUT2D eigenvalue weighted by Gasteiger charge is -2.35. The van der Waals surface area contributed by atoms with E-state index in [2.05, 4.69) is 15.2 Å². The zero-order valence-electron chi connectivity index (χ0n) is 15.4. The van der Waals surface area contributed by atoms with Crippen molar-refractivity contribution in [2.24, 2.45) is 0 Å². The number of piperidine rings is 1. The highest BCUT2D eigenvalue weighted by Gasteiger charge is 2.28. The van der Waals surface area contributed by atoms with E-state index < -0.39 is 0 Å². The Morgan fingerprint density at radius 2 is 2.00 bits per heavy atom. The Morgan fingerprint density at radius 3 is 2.67 bits per heavy atom. The number of carbonyl (C=O) groups is 1. The van der Waals surface area contributed by atoms with Crippen LogP contribution in [0, 0.1) is 6.92 Å². The molecule has 0 bridgehead atoms. The van der Waals surface area contributed by atoms with E-state index in [1.165, 1.54) is 0 Å². The molecule has 1 aliphatic heterocycles. The van der Waals surface area contributed by atoms with Crippen molar-refractivity contribution in [3.63, 3.8) is 0 Å². The second kappa shape index (κ2) is 8.91. The lowest BCUT2D eigenvalue weighted by molar-refractivity contribution is -0.121. The molecule has 1 aromatic heterocycles. The van der Waals surface area contributed by atoms with Crippen LogP contribution in [-0.2, 0) is 4.79 Å². The Bertz CT molecular complexity index is 790. The number of nitrogens with one attached hydrogen (secondary N) is 1. The van der Waals surface area contributed by atoms with Crippen LogP contribution in [-0.4, -0.2) is 41.0 Å². The maximum atomic E-state index is 12.6. The number of anilines is 1. The Hall–Kier alpha value is -1.82. The molecule has 3 rings (SSSR count). The van der Waals surface area contributed by atoms with Gasteiger partial charge in [-0.25, -0.2) is 4.98 Å². The molecule has 1 amide bonds. The fraction of sp³-hybridized carbons (Fsp3) is 0.400. The lowest BCUT2D eigenvalue weighted by Crippen LogP contribution is -2.47. The summed E-state index contributed by atoms with van der Waals surface area (Å²) in [6.07, 6.45) is 3.63. The van der Waals surface area contributed by atoms with E-state index in [1.807, 2.05) is 26.0 Å². The maximum absolute atomic E-state index is 12.6. The van der Waals surface area contributed by atoms with Crippen molar-refractivity contribution in [3.05, 3.63) is 52.1 Å². The molecule has 27 heavy (non-hydrogen) atoms. The summed E-state index contributed by atoms with van der Waals surface area (Å²) in [5, 5.41) is 3.65. The van der Waals surface area contributed by atoms with E-state index in [9.17, 15) is 4.79 Å². The number of carbonyl (C=O) groups excluding carboxylic acids is 1. The van der Waals surface area contributed by atoms with Crippen LogP contribution in [0.25, 0.3) is 0 Å². The molecule has 2 aromatic rings. The molecule has 1 aromatic carbocycles. The number of likely N-dealkylation sites (tertiary alicyclic amines) is 1. The van der Waals surface area contributed by atoms with Gasteiger partial charge in [0.15, 0.2) is 0 Å². The normalized spacial score (nSPS) is 16.7. The third-order valence-electron chi connectivity index (χ3n) is 4.78. The van der Waals surface area contributed by atoms with Crippen molar-refractivity contribution in [3.8, 4) is 5.88 Å². The topological polar surface area (TPSA) is 54.5 Å². The minimum Gasteiger partial charge on any atom is -0.474 e. The van der Waals surface area contributed by atoms with Crippen LogP contribution in [0.1, 0.15) is 25.3 Å². The van der Waals surface area contributed by atoms with Crippen LogP contribution < -0.4 is 10.1 Å². The second-order valence-corrected chi connectivity index (χ2v) is 7.58. The summed E-state index contributed by atoms with van der Waals surface area (Å²) in [5.74, 6) is 0.555. The first-order valence-corrected chi connectivity index (χ1v) is 9.78. The first-order valence-electron chi connectivity index (χ1n) is 9.02. The van der Waals surface area contributed by atoms with E-state index in [1.54, 1.807) is 24.4 Å². The molecule has 1 saturated heterocycles. The predicted octanol–water partition coefficient (Wildman–Crippen LogP) is 4.57. The van der Waals surface area contributed by atoms with Crippen molar-refractivity contribution in [2.75, 3.05) is 18.4 Å². The van der Waals surface area contributed by atoms with E-state index >= 15 is 0 Å². The van der Waals surface area contributed by atoms with Crippen LogP contribution in [0.15, 0.2) is 36.5 Å². The van der Waals surface area contributed by atoms with E-state index in [0.717, 1.165) is 31.5 Å². The summed E-state index contributed by atoms with van der Waals surface area (Å²) < 4.78 is 5.95. The van der Waals surface area contributed by atoms with Crippen LogP contribution >= 0.6 is 23.2 Å². The largest absolute Gasteiger partial charge is 0.474 e. The minimum atomic E-state index is -0.265. The average Bonchev–Trinajstić information content (AvgIpc) is 2.67. The molecule has 2 heterocycles. The number of hydrogen-bond acceptors (Lipinski definition) is 4. The van der Waals surface area contributed by atoms with Crippen LogP contribution in [0.2, 0.25) is 10.0 Å². The zero-order valence-corrected chi connectivity index (χ0v) is 16.9. The summed E-state index contributed by atoms with van der Waals surface area (Å²) in [6, 6.07) is 8.82. The maximum Gasteiger partial charge on any atom is 0.241 e. The molecule has 1 N–H and O–H groups in total. The molecule has 0 saturated carbocycles. The number of rotatable bonds is 5. The fourth-order valence-electron chi connectivity index (χ4n) is 3.08. The third-order valence-corrected chi connectivity index (χ3v) is 5.60. The Labute approximate surface area is 169 Å². The number of halogens is 2. The summed E-state index contributed by atoms with van der Waals surface area (Å²) in [5.41, 5.74) is 1.64. The molecule has 144 valence electrons. The fourth-order valence-corrected chi connectivity index (χ4v) is 3.43. The van der Waals surface area contributed by atoms with Crippen molar-refractivity contribution >= 4 is 34.8 Å². The number of aromatic nitrogens is 1. The van der Waals surface area contributed by atoms with Gasteiger partial charge in [0.05, 0.1) is 21.8 Å². The smallest absolute Gasteiger partial charge is 0.241 e. The number of pyridine rings is 1. The standard InChI is InChI=1S/C20H23Cl2N3O2/c1-13-6-7-18(23-12-13)27-15-8-10-25(11-9-15)14(2)20(26)24-17-5-3-4-16(21)19(17)22/h3-7,12,14-15H,8-11H2,1-2H3,(H,24,26). The van der Waals surface area contributed by atoms with Gasteiger partial charge >= 0.3 is 0 Å². The Morgan fingerprint density at radius 1 is 1.26 bits per heavy atom. The van der Waals surface area contributed by atoms with Gasteiger partial charge in [-0.15, -0.1) is 0 Å². The molecular weight excluding hydrogens is 385 g/mol. The summed E-state index contributed by atoms with van der Waals surface area (Å²) in [4.78, 5) is 19.0. The van der Waals surface area contributed by atoms with Gasteiger partial charge in [0.2, 0.25) is 11.8 Å². The van der Waals surface area contributed by atoms with Crippen LogP contribution in [0.3, 0.4) is 0 Å². The van der Waals surface area contributed by atoms with E-state index in [-0.39, 0.29) is 18.1 Å². The zero-order chi connectivity index (χ0) is 19.4. The number of amides is 1. The molecule has 5 nitrogen and oxygen atoms in total. The molecule has 1 aliphatic rings. The van der Waals surface area contributed by atoms with Gasteiger partial charge in [-0.05, 0) is 44.4 Å². The first kappa shape index (κ1) is 19.9. The number of aryl methyl sites for hydroxylation is 1. The number of nitrogens with zero attached hydrogens (tertiary/aromatic N) is 2. The molecule has 1 atom stereocenters. The van der Waals surface area contributed by atoms with Crippen molar-refractivity contribution in [2.45, 2.75) is 38.8 Å². The highest BCUT2D eigenvalue weighted by atomic mass is 35.5. The number of ether oxygens (including phenoxy) is 1. The van der Waals surface area contributed by atoms with Gasteiger partial charge in [-0.3, -0.25) is 9.69 Å². The number of benzene rings is 1. The Balaban J connectivity index is 1.51. The van der Waals surface area contributed by atoms with Gasteiger partial charge in [0.1, 0.15) is 6.10 Å². The number of hydrogen-bond donors (Lipinski definition) is 1. The Kier molecular flexibility index (Phi) is 6.58. The highest BCUT2D eigenvalue weighted by molar-refractivity contribution is 6.44. The van der Waals surface area contributed by atoms with Crippen molar-refractivity contribution in [1.29, 1.82) is 0 Å². The highest BCUT2D eigenvalue weighted by Crippen LogP contribution is 2.30. The average molecular weight is 408 g/mol. The molecule has 0 aliphatic carbocycles. The third kappa shape index (κ3) is 5.12. The first-order chi connectivity index (χ1) is 12.9. The monoisotopic (exact) mass is 407 g/mol. The molecule has 1 unspecified atom stereocenters. The molecular formula is C20H23Cl2N3O2. The predicted molar refractivity (Wildman–Crippen MR) is 109 cm³/mol. The SMILES string of the molecule is Cc1ccc(OC2CCN(C(C)C(=O)Nc3cccc(Cl)c3Cl)CC2)nc1. The van der Waals surface area contributed by atoms with E-state index in [4.69, 9.17) is 27.9 Å². The van der Waals surface area contributed by atoms with Crippen LogP contribution in [0.4, 0.5) is 5.69 Å². The van der Waals surface area contributed by atoms with E-state index in [0.29, 0.717) is 21.6 Å². The van der Waals surface area contributed by atoms with Gasteiger partial charge in [0, 0.05) is 25.4 Å². The molecule has 1 fully saturated rings. The molecule has 0 radical (unpaired) electrons. The summed E-state index contributed by atoms with van der Waals surface area (Å²) in [7, 11) is 0. The summed E-state index contributed by atoms with van der Waals surface area (Å²) in [6.45, 7) is 5.47. The van der Waals surface area contributed by atoms with Gasteiger partial charge in [-0.1, -0.05) is 35.3 Å². The van der Waals surface area contributed by atoms with Gasteiger partial charge in [-0.2, -0.15) is 0 Å². The lowest BCUT2D eigenvalue weighted by atomic mass is 10.1. The minimum absolute atomic E-state index is 0.0984. The second-order valence-electron chi connectivity index (χ2n) is 6.79. The van der Waals surface area contributed by atoms with Crippen LogP contribution in [0.5, 0.6) is 5.88 Å². The summed E-state index contributed by atoms with van der Waals surface area (Å²) >= 11 is 12.2. The van der Waals surface area contributed by atoms with Crippen molar-refractivity contribution < 1.29 is 9.53 Å². The quantitative estimate of drug-likeness (QED) is 0.788. The molecule has 0 spiro atoms. The van der Waals surface area contributed by atoms with Gasteiger partial charge < -0.3 is 10.1 Å². The molecule has 7 heteroatoms. The van der Waals surface area contributed by atoms with Crippen molar-refractivity contribution in [1.82, 2.24) is 9.88 Å².